The molecular formula is C27H31N3O5S. The van der Waals surface area contributed by atoms with Crippen molar-refractivity contribution < 1.29 is 22.7 Å². The highest BCUT2D eigenvalue weighted by molar-refractivity contribution is 7.90. The number of sulfone groups is 1. The van der Waals surface area contributed by atoms with E-state index in [9.17, 15) is 13.2 Å². The van der Waals surface area contributed by atoms with Crippen molar-refractivity contribution in [1.82, 2.24) is 14.7 Å². The molecule has 0 spiro atoms. The first-order valence-electron chi connectivity index (χ1n) is 12.2. The lowest BCUT2D eigenvalue weighted by molar-refractivity contribution is 0.0295. The average molecular weight is 510 g/mol. The Morgan fingerprint density at radius 3 is 2.47 bits per heavy atom. The molecule has 0 saturated carbocycles. The third-order valence-corrected chi connectivity index (χ3v) is 8.57. The van der Waals surface area contributed by atoms with Crippen molar-refractivity contribution in [3.63, 3.8) is 0 Å². The van der Waals surface area contributed by atoms with E-state index >= 15 is 0 Å². The number of fused-ring (bicyclic) bond motifs is 3. The summed E-state index contributed by atoms with van der Waals surface area (Å²) in [4.78, 5) is 15.4. The summed E-state index contributed by atoms with van der Waals surface area (Å²) in [6.45, 7) is 10.7. The van der Waals surface area contributed by atoms with Crippen molar-refractivity contribution in [2.45, 2.75) is 36.8 Å². The summed E-state index contributed by atoms with van der Waals surface area (Å²) in [6.07, 6.45) is 0. The quantitative estimate of drug-likeness (QED) is 0.469. The van der Waals surface area contributed by atoms with Crippen LogP contribution in [0.3, 0.4) is 0 Å². The highest BCUT2D eigenvalue weighted by Crippen LogP contribution is 2.41. The molecule has 2 aliphatic rings. The molecule has 190 valence electrons. The van der Waals surface area contributed by atoms with E-state index in [0.29, 0.717) is 16.8 Å². The Hall–Kier alpha value is -3.01. The molecule has 0 radical (unpaired) electrons. The summed E-state index contributed by atoms with van der Waals surface area (Å²) in [5.41, 5.74) is 3.44. The largest absolute Gasteiger partial charge is 0.461 e. The van der Waals surface area contributed by atoms with Gasteiger partial charge in [0.05, 0.1) is 41.9 Å². The predicted molar refractivity (Wildman–Crippen MR) is 136 cm³/mol. The summed E-state index contributed by atoms with van der Waals surface area (Å²) in [5, 5.41) is 4.59. The monoisotopic (exact) mass is 509 g/mol. The Labute approximate surface area is 211 Å². The first kappa shape index (κ1) is 24.7. The number of carbonyl (C=O) groups excluding carboxylic acids is 1. The van der Waals surface area contributed by atoms with Crippen LogP contribution in [0.5, 0.6) is 0 Å². The molecule has 36 heavy (non-hydrogen) atoms. The Morgan fingerprint density at radius 1 is 1.08 bits per heavy atom. The maximum atomic E-state index is 13.0. The van der Waals surface area contributed by atoms with Gasteiger partial charge in [0.2, 0.25) is 0 Å². The van der Waals surface area contributed by atoms with Crippen LogP contribution in [0.15, 0.2) is 53.4 Å². The number of hydrogen-bond donors (Lipinski definition) is 0. The number of aromatic nitrogens is 2. The molecule has 0 amide bonds. The van der Waals surface area contributed by atoms with Crippen molar-refractivity contribution in [1.29, 1.82) is 0 Å². The van der Waals surface area contributed by atoms with E-state index in [2.05, 4.69) is 36.0 Å². The molecule has 9 heteroatoms. The lowest BCUT2D eigenvalue weighted by Gasteiger charge is -2.35. The van der Waals surface area contributed by atoms with Crippen LogP contribution in [0.25, 0.3) is 16.9 Å². The molecule has 8 nitrogen and oxygen atoms in total. The van der Waals surface area contributed by atoms with E-state index < -0.39 is 15.8 Å². The van der Waals surface area contributed by atoms with Gasteiger partial charge in [0.25, 0.3) is 0 Å². The van der Waals surface area contributed by atoms with Gasteiger partial charge in [-0.1, -0.05) is 44.2 Å². The Morgan fingerprint density at radius 2 is 1.78 bits per heavy atom. The topological polar surface area (TPSA) is 90.7 Å². The van der Waals surface area contributed by atoms with E-state index in [0.717, 1.165) is 38.5 Å². The second-order valence-corrected chi connectivity index (χ2v) is 11.8. The number of hydrogen-bond acceptors (Lipinski definition) is 7. The molecule has 0 bridgehead atoms. The third-order valence-electron chi connectivity index (χ3n) is 6.88. The van der Waals surface area contributed by atoms with Gasteiger partial charge in [-0.25, -0.2) is 17.9 Å². The summed E-state index contributed by atoms with van der Waals surface area (Å²) < 4.78 is 38.4. The molecule has 2 aliphatic heterocycles. The van der Waals surface area contributed by atoms with Crippen LogP contribution >= 0.6 is 0 Å². The van der Waals surface area contributed by atoms with E-state index in [-0.39, 0.29) is 28.4 Å². The third kappa shape index (κ3) is 4.47. The van der Waals surface area contributed by atoms with E-state index in [1.165, 1.54) is 5.56 Å². The van der Waals surface area contributed by atoms with Crippen LogP contribution in [0, 0.1) is 0 Å². The standard InChI is InChI=1S/C27H31N3O5S/c1-4-35-26(31)24-22-17-36(32,33)23-8-6-5-7-21(23)25(22)30(28-24)20-11-9-19(10-12-20)27(2,3)18-29-13-15-34-16-14-29/h5-12H,4,13-18H2,1-3H3. The first-order valence-corrected chi connectivity index (χ1v) is 13.9. The lowest BCUT2D eigenvalue weighted by atomic mass is 9.84. The average Bonchev–Trinajstić information content (AvgIpc) is 3.23. The van der Waals surface area contributed by atoms with Gasteiger partial charge in [-0.2, -0.15) is 5.10 Å². The fourth-order valence-corrected chi connectivity index (χ4v) is 6.67. The van der Waals surface area contributed by atoms with Crippen LogP contribution < -0.4 is 0 Å². The number of ether oxygens (including phenoxy) is 2. The number of morpholine rings is 1. The number of carbonyl (C=O) groups is 1. The van der Waals surface area contributed by atoms with Crippen molar-refractivity contribution in [2.24, 2.45) is 0 Å². The lowest BCUT2D eigenvalue weighted by Crippen LogP contribution is -2.43. The zero-order chi connectivity index (χ0) is 25.5. The number of rotatable bonds is 6. The van der Waals surface area contributed by atoms with Gasteiger partial charge < -0.3 is 9.47 Å². The van der Waals surface area contributed by atoms with Crippen LogP contribution in [0.2, 0.25) is 0 Å². The summed E-state index contributed by atoms with van der Waals surface area (Å²) in [5.74, 6) is -0.914. The molecule has 1 fully saturated rings. The number of benzene rings is 2. The molecule has 0 N–H and O–H groups in total. The highest BCUT2D eigenvalue weighted by atomic mass is 32.2. The summed E-state index contributed by atoms with van der Waals surface area (Å²) >= 11 is 0. The second-order valence-electron chi connectivity index (χ2n) is 9.88. The van der Waals surface area contributed by atoms with Crippen molar-refractivity contribution >= 4 is 15.8 Å². The SMILES string of the molecule is CCOC(=O)c1nn(-c2ccc(C(C)(C)CN3CCOCC3)cc2)c2c1CS(=O)(=O)c1ccccc1-2. The molecule has 0 unspecified atom stereocenters. The summed E-state index contributed by atoms with van der Waals surface area (Å²) in [6, 6.07) is 15.0. The molecule has 0 atom stereocenters. The van der Waals surface area contributed by atoms with Gasteiger partial charge >= 0.3 is 5.97 Å². The predicted octanol–water partition coefficient (Wildman–Crippen LogP) is 3.61. The maximum absolute atomic E-state index is 13.0. The van der Waals surface area contributed by atoms with E-state index in [1.807, 2.05) is 12.1 Å². The van der Waals surface area contributed by atoms with Crippen molar-refractivity contribution in [3.8, 4) is 16.9 Å². The van der Waals surface area contributed by atoms with Gasteiger partial charge in [-0.15, -0.1) is 0 Å². The minimum Gasteiger partial charge on any atom is -0.461 e. The maximum Gasteiger partial charge on any atom is 0.359 e. The highest BCUT2D eigenvalue weighted by Gasteiger charge is 2.36. The zero-order valence-corrected chi connectivity index (χ0v) is 21.7. The molecule has 3 aromatic rings. The first-order chi connectivity index (χ1) is 17.2. The minimum absolute atomic E-state index is 0.0432. The van der Waals surface area contributed by atoms with Crippen LogP contribution in [0.1, 0.15) is 42.4 Å². The van der Waals surface area contributed by atoms with Gasteiger partial charge in [0, 0.05) is 36.2 Å². The second kappa shape index (κ2) is 9.46. The van der Waals surface area contributed by atoms with E-state index in [1.54, 1.807) is 35.9 Å². The Balaban J connectivity index is 1.56. The Kier molecular flexibility index (Phi) is 6.48. The van der Waals surface area contributed by atoms with Crippen LogP contribution in [0.4, 0.5) is 0 Å². The van der Waals surface area contributed by atoms with Gasteiger partial charge in [0.15, 0.2) is 15.5 Å². The minimum atomic E-state index is -3.61. The summed E-state index contributed by atoms with van der Waals surface area (Å²) in [7, 11) is -3.61. The molecule has 1 saturated heterocycles. The Bertz CT molecular complexity index is 1390. The van der Waals surface area contributed by atoms with Gasteiger partial charge in [0.1, 0.15) is 0 Å². The molecule has 1 aromatic heterocycles. The zero-order valence-electron chi connectivity index (χ0n) is 20.9. The smallest absolute Gasteiger partial charge is 0.359 e. The van der Waals surface area contributed by atoms with E-state index in [4.69, 9.17) is 9.47 Å². The number of esters is 1. The fourth-order valence-electron chi connectivity index (χ4n) is 5.08. The van der Waals surface area contributed by atoms with Crippen molar-refractivity contribution in [2.75, 3.05) is 39.5 Å². The molecule has 3 heterocycles. The molecule has 2 aromatic carbocycles. The van der Waals surface area contributed by atoms with Gasteiger partial charge in [-0.05, 0) is 30.7 Å². The normalized spacial score (nSPS) is 17.3. The molecular weight excluding hydrogens is 478 g/mol. The van der Waals surface area contributed by atoms with Crippen molar-refractivity contribution in [3.05, 3.63) is 65.4 Å². The fraction of sp³-hybridized carbons (Fsp3) is 0.407. The molecule has 0 aliphatic carbocycles. The number of nitrogens with zero attached hydrogens (tertiary/aromatic N) is 3. The molecule has 5 rings (SSSR count). The van der Waals surface area contributed by atoms with Crippen LogP contribution in [-0.4, -0.2) is 68.5 Å². The van der Waals surface area contributed by atoms with Gasteiger partial charge in [-0.3, -0.25) is 4.90 Å². The van der Waals surface area contributed by atoms with Crippen LogP contribution in [-0.2, 0) is 30.5 Å².